The van der Waals surface area contributed by atoms with E-state index in [1.165, 1.54) is 32.1 Å². The van der Waals surface area contributed by atoms with Gasteiger partial charge in [-0.1, -0.05) is 32.1 Å². The molecular formula is C22H32N2O7. The Morgan fingerprint density at radius 1 is 1.19 bits per heavy atom. The first-order valence-electron chi connectivity index (χ1n) is 11.0. The van der Waals surface area contributed by atoms with E-state index in [4.69, 9.17) is 9.47 Å². The zero-order valence-corrected chi connectivity index (χ0v) is 17.7. The van der Waals surface area contributed by atoms with Crippen molar-refractivity contribution < 1.29 is 35.0 Å². The van der Waals surface area contributed by atoms with Gasteiger partial charge in [-0.3, -0.25) is 5.10 Å². The number of hydrogen-bond donors (Lipinski definition) is 6. The van der Waals surface area contributed by atoms with Gasteiger partial charge < -0.3 is 35.0 Å². The molecule has 2 aliphatic rings. The van der Waals surface area contributed by atoms with Gasteiger partial charge in [0.2, 0.25) is 6.29 Å². The van der Waals surface area contributed by atoms with E-state index in [0.29, 0.717) is 16.8 Å². The first-order chi connectivity index (χ1) is 14.8. The lowest BCUT2D eigenvalue weighted by Gasteiger charge is -2.45. The number of aryl methyl sites for hydroxylation is 2. The highest BCUT2D eigenvalue weighted by Crippen LogP contribution is 2.37. The number of benzene rings is 1. The predicted octanol–water partition coefficient (Wildman–Crippen LogP) is 0.883. The molecule has 31 heavy (non-hydrogen) atoms. The second kappa shape index (κ2) is 9.01. The second-order valence-electron chi connectivity index (χ2n) is 8.90. The highest BCUT2D eigenvalue weighted by atomic mass is 16.7. The third kappa shape index (κ3) is 4.30. The lowest BCUT2D eigenvalue weighted by Crippen LogP contribution is -2.69. The van der Waals surface area contributed by atoms with Crippen LogP contribution in [0.5, 0.6) is 5.75 Å². The van der Waals surface area contributed by atoms with Crippen molar-refractivity contribution in [3.8, 4) is 5.75 Å². The molecule has 1 saturated carbocycles. The van der Waals surface area contributed by atoms with Crippen molar-refractivity contribution in [2.24, 2.45) is 5.92 Å². The summed E-state index contributed by atoms with van der Waals surface area (Å²) >= 11 is 0. The van der Waals surface area contributed by atoms with E-state index < -0.39 is 37.0 Å². The third-order valence-electron chi connectivity index (χ3n) is 6.61. The Kier molecular flexibility index (Phi) is 6.52. The number of nitrogens with one attached hydrogen (secondary N) is 1. The maximum absolute atomic E-state index is 10.9. The molecule has 0 bridgehead atoms. The Labute approximate surface area is 180 Å². The molecule has 1 aromatic carbocycles. The van der Waals surface area contributed by atoms with Crippen molar-refractivity contribution in [1.82, 2.24) is 10.2 Å². The van der Waals surface area contributed by atoms with Crippen LogP contribution >= 0.6 is 0 Å². The average Bonchev–Trinajstić information content (AvgIpc) is 3.17. The number of aromatic amines is 1. The van der Waals surface area contributed by atoms with Crippen LogP contribution in [0.4, 0.5) is 0 Å². The van der Waals surface area contributed by atoms with Crippen LogP contribution in [0.3, 0.4) is 0 Å². The van der Waals surface area contributed by atoms with Crippen LogP contribution in [-0.4, -0.2) is 72.7 Å². The molecule has 1 aromatic heterocycles. The lowest BCUT2D eigenvalue weighted by molar-refractivity contribution is -0.385. The molecule has 5 atom stereocenters. The van der Waals surface area contributed by atoms with Gasteiger partial charge in [-0.2, -0.15) is 5.10 Å². The smallest absolute Gasteiger partial charge is 0.288 e. The SMILES string of the molecule is Cc1cc(O[C@]2(O)[C@H](O)O[C@H](CO)[C@@H](O)[C@@H]2O)c2c(CCC3CCCCC3)[nH]nc2c1. The van der Waals surface area contributed by atoms with E-state index in [-0.39, 0.29) is 5.75 Å². The summed E-state index contributed by atoms with van der Waals surface area (Å²) in [6.07, 6.45) is 1.30. The normalized spacial score (nSPS) is 32.5. The molecule has 0 radical (unpaired) electrons. The summed E-state index contributed by atoms with van der Waals surface area (Å²) in [4.78, 5) is 0. The monoisotopic (exact) mass is 436 g/mol. The van der Waals surface area contributed by atoms with Gasteiger partial charge in [0.15, 0.2) is 6.10 Å². The van der Waals surface area contributed by atoms with E-state index >= 15 is 0 Å². The number of aromatic nitrogens is 2. The molecule has 0 amide bonds. The number of fused-ring (bicyclic) bond motifs is 1. The third-order valence-corrected chi connectivity index (χ3v) is 6.61. The fourth-order valence-electron chi connectivity index (χ4n) is 4.77. The van der Waals surface area contributed by atoms with E-state index in [1.807, 2.05) is 13.0 Å². The summed E-state index contributed by atoms with van der Waals surface area (Å²) in [5.74, 6) is -1.72. The van der Waals surface area contributed by atoms with Crippen LogP contribution in [0.2, 0.25) is 0 Å². The van der Waals surface area contributed by atoms with Gasteiger partial charge >= 0.3 is 0 Å². The Hall–Kier alpha value is -1.75. The number of rotatable bonds is 6. The van der Waals surface area contributed by atoms with Gasteiger partial charge in [-0.05, 0) is 43.4 Å². The predicted molar refractivity (Wildman–Crippen MR) is 111 cm³/mol. The minimum absolute atomic E-state index is 0.223. The first kappa shape index (κ1) is 22.4. The minimum atomic E-state index is -2.62. The minimum Gasteiger partial charge on any atom is -0.453 e. The van der Waals surface area contributed by atoms with Crippen LogP contribution in [0.1, 0.15) is 49.8 Å². The number of aliphatic hydroxyl groups is 5. The maximum atomic E-state index is 10.9. The molecule has 1 saturated heterocycles. The summed E-state index contributed by atoms with van der Waals surface area (Å²) < 4.78 is 10.8. The molecular weight excluding hydrogens is 404 g/mol. The molecule has 9 heteroatoms. The van der Waals surface area contributed by atoms with Crippen molar-refractivity contribution >= 4 is 10.9 Å². The molecule has 1 aliphatic heterocycles. The summed E-state index contributed by atoms with van der Waals surface area (Å²) in [5.41, 5.74) is 2.31. The van der Waals surface area contributed by atoms with Gasteiger partial charge in [0, 0.05) is 5.69 Å². The highest BCUT2D eigenvalue weighted by molar-refractivity contribution is 5.88. The maximum Gasteiger partial charge on any atom is 0.288 e. The van der Waals surface area contributed by atoms with Gasteiger partial charge in [0.05, 0.1) is 17.5 Å². The molecule has 0 spiro atoms. The van der Waals surface area contributed by atoms with Crippen molar-refractivity contribution in [1.29, 1.82) is 0 Å². The number of nitrogens with zero attached hydrogens (tertiary/aromatic N) is 1. The molecule has 9 nitrogen and oxygen atoms in total. The van der Waals surface area contributed by atoms with E-state index in [2.05, 4.69) is 10.2 Å². The summed E-state index contributed by atoms with van der Waals surface area (Å²) in [6.45, 7) is 1.21. The second-order valence-corrected chi connectivity index (χ2v) is 8.90. The van der Waals surface area contributed by atoms with Crippen molar-refractivity contribution in [3.05, 3.63) is 23.4 Å². The van der Waals surface area contributed by atoms with Crippen molar-refractivity contribution in [2.75, 3.05) is 6.61 Å². The zero-order chi connectivity index (χ0) is 22.2. The zero-order valence-electron chi connectivity index (χ0n) is 17.7. The van der Waals surface area contributed by atoms with Crippen LogP contribution in [0.15, 0.2) is 12.1 Å². The fourth-order valence-corrected chi connectivity index (χ4v) is 4.77. The van der Waals surface area contributed by atoms with Crippen LogP contribution in [-0.2, 0) is 11.2 Å². The van der Waals surface area contributed by atoms with Gasteiger partial charge in [0.1, 0.15) is 18.0 Å². The summed E-state index contributed by atoms with van der Waals surface area (Å²) in [5, 5.41) is 59.3. The van der Waals surface area contributed by atoms with Crippen molar-refractivity contribution in [2.45, 2.75) is 82.3 Å². The highest BCUT2D eigenvalue weighted by Gasteiger charge is 2.57. The fraction of sp³-hybridized carbons (Fsp3) is 0.682. The summed E-state index contributed by atoms with van der Waals surface area (Å²) in [6, 6.07) is 3.57. The van der Waals surface area contributed by atoms with Gasteiger partial charge in [0.25, 0.3) is 5.79 Å². The molecule has 172 valence electrons. The van der Waals surface area contributed by atoms with Crippen LogP contribution in [0, 0.1) is 12.8 Å². The van der Waals surface area contributed by atoms with Crippen LogP contribution < -0.4 is 4.74 Å². The lowest BCUT2D eigenvalue weighted by atomic mass is 9.85. The van der Waals surface area contributed by atoms with E-state index in [0.717, 1.165) is 24.1 Å². The van der Waals surface area contributed by atoms with E-state index in [9.17, 15) is 25.5 Å². The molecule has 2 fully saturated rings. The largest absolute Gasteiger partial charge is 0.453 e. The first-order valence-corrected chi connectivity index (χ1v) is 11.0. The van der Waals surface area contributed by atoms with Crippen molar-refractivity contribution in [3.63, 3.8) is 0 Å². The topological polar surface area (TPSA) is 148 Å². The van der Waals surface area contributed by atoms with Gasteiger partial charge in [-0.15, -0.1) is 0 Å². The molecule has 1 aliphatic carbocycles. The average molecular weight is 437 g/mol. The Morgan fingerprint density at radius 3 is 2.65 bits per heavy atom. The number of ether oxygens (including phenoxy) is 2. The molecule has 2 heterocycles. The van der Waals surface area contributed by atoms with E-state index in [1.54, 1.807) is 6.07 Å². The molecule has 0 unspecified atom stereocenters. The quantitative estimate of drug-likeness (QED) is 0.366. The Morgan fingerprint density at radius 2 is 1.94 bits per heavy atom. The molecule has 2 aromatic rings. The molecule has 4 rings (SSSR count). The number of aliphatic hydroxyl groups excluding tert-OH is 4. The van der Waals surface area contributed by atoms with Gasteiger partial charge in [-0.25, -0.2) is 0 Å². The van der Waals surface area contributed by atoms with Crippen LogP contribution in [0.25, 0.3) is 10.9 Å². The molecule has 6 N–H and O–H groups in total. The summed E-state index contributed by atoms with van der Waals surface area (Å²) in [7, 11) is 0. The number of H-pyrrole nitrogens is 1. The Bertz CT molecular complexity index is 897. The standard InChI is InChI=1S/C22H32N2O7/c1-12-9-15-18(14(23-24-15)8-7-13-5-3-2-4-6-13)16(10-12)31-22(29)20(27)19(26)17(11-25)30-21(22)28/h9-10,13,17,19-21,25-29H,2-8,11H2,1H3,(H,23,24)/t17-,19-,20+,21-,22+/m1/s1. The number of hydrogen-bond acceptors (Lipinski definition) is 8. The Balaban J connectivity index is 1.62.